The Hall–Kier alpha value is -0.940. The van der Waals surface area contributed by atoms with Gasteiger partial charge in [0.15, 0.2) is 4.77 Å². The van der Waals surface area contributed by atoms with Crippen molar-refractivity contribution in [2.45, 2.75) is 39.2 Å². The molecule has 3 nitrogen and oxygen atoms in total. The van der Waals surface area contributed by atoms with Crippen LogP contribution in [0.2, 0.25) is 0 Å². The van der Waals surface area contributed by atoms with Gasteiger partial charge in [-0.15, -0.1) is 11.3 Å². The van der Waals surface area contributed by atoms with Crippen LogP contribution in [0.25, 0.3) is 10.2 Å². The summed E-state index contributed by atoms with van der Waals surface area (Å²) >= 11 is 6.83. The fourth-order valence-corrected chi connectivity index (χ4v) is 4.19. The van der Waals surface area contributed by atoms with Crippen LogP contribution in [-0.2, 0) is 6.54 Å². The first kappa shape index (κ1) is 13.1. The fraction of sp³-hybridized carbons (Fsp3) is 0.571. The monoisotopic (exact) mass is 294 g/mol. The van der Waals surface area contributed by atoms with Crippen LogP contribution in [0.4, 0.5) is 0 Å². The first-order valence-corrected chi connectivity index (χ1v) is 8.14. The molecule has 0 radical (unpaired) electrons. The van der Waals surface area contributed by atoms with Gasteiger partial charge in [-0.2, -0.15) is 0 Å². The number of aromatic amines is 1. The van der Waals surface area contributed by atoms with Crippen molar-refractivity contribution in [1.82, 2.24) is 9.55 Å². The third-order valence-corrected chi connectivity index (χ3v) is 5.30. The van der Waals surface area contributed by atoms with Crippen molar-refractivity contribution < 1.29 is 0 Å². The van der Waals surface area contributed by atoms with Crippen LogP contribution in [0, 0.1) is 16.6 Å². The molecule has 2 heterocycles. The molecule has 1 saturated carbocycles. The predicted octanol–water partition coefficient (Wildman–Crippen LogP) is 3.95. The summed E-state index contributed by atoms with van der Waals surface area (Å²) in [6, 6.07) is 1.92. The number of nitrogens with one attached hydrogen (secondary N) is 1. The van der Waals surface area contributed by atoms with Gasteiger partial charge in [0.25, 0.3) is 5.56 Å². The molecule has 2 aromatic rings. The topological polar surface area (TPSA) is 37.8 Å². The minimum absolute atomic E-state index is 0.0759. The van der Waals surface area contributed by atoms with Crippen LogP contribution < -0.4 is 5.56 Å². The van der Waals surface area contributed by atoms with Crippen molar-refractivity contribution in [1.29, 1.82) is 0 Å². The quantitative estimate of drug-likeness (QED) is 0.852. The average Bonchev–Trinajstić information content (AvgIpc) is 2.83. The molecular weight excluding hydrogens is 276 g/mol. The average molecular weight is 294 g/mol. The van der Waals surface area contributed by atoms with E-state index < -0.39 is 0 Å². The van der Waals surface area contributed by atoms with Crippen LogP contribution in [0.1, 0.15) is 32.6 Å². The van der Waals surface area contributed by atoms with E-state index in [4.69, 9.17) is 12.2 Å². The minimum atomic E-state index is 0.0759. The van der Waals surface area contributed by atoms with E-state index in [0.29, 0.717) is 10.7 Å². The van der Waals surface area contributed by atoms with E-state index in [-0.39, 0.29) is 5.56 Å². The molecule has 0 aliphatic heterocycles. The van der Waals surface area contributed by atoms with Crippen molar-refractivity contribution in [2.24, 2.45) is 11.8 Å². The molecule has 102 valence electrons. The molecule has 0 spiro atoms. The minimum Gasteiger partial charge on any atom is -0.331 e. The number of rotatable bonds is 2. The fourth-order valence-electron chi connectivity index (χ4n) is 3.12. The van der Waals surface area contributed by atoms with Gasteiger partial charge in [-0.05, 0) is 48.3 Å². The van der Waals surface area contributed by atoms with Gasteiger partial charge in [-0.25, -0.2) is 0 Å². The Labute approximate surface area is 121 Å². The van der Waals surface area contributed by atoms with Crippen molar-refractivity contribution in [2.75, 3.05) is 0 Å². The highest BCUT2D eigenvalue weighted by Gasteiger charge is 2.20. The summed E-state index contributed by atoms with van der Waals surface area (Å²) in [5.41, 5.74) is 0.945. The molecule has 1 N–H and O–H groups in total. The zero-order valence-corrected chi connectivity index (χ0v) is 12.6. The van der Waals surface area contributed by atoms with Gasteiger partial charge < -0.3 is 4.98 Å². The number of fused-ring (bicyclic) bond motifs is 1. The summed E-state index contributed by atoms with van der Waals surface area (Å²) in [7, 11) is 0. The lowest BCUT2D eigenvalue weighted by molar-refractivity contribution is 0.254. The molecule has 0 amide bonds. The van der Waals surface area contributed by atoms with Gasteiger partial charge in [0.05, 0.1) is 5.52 Å². The molecule has 0 saturated heterocycles. The van der Waals surface area contributed by atoms with E-state index in [0.717, 1.165) is 22.7 Å². The highest BCUT2D eigenvalue weighted by Crippen LogP contribution is 2.29. The summed E-state index contributed by atoms with van der Waals surface area (Å²) in [5.74, 6) is 1.37. The lowest BCUT2D eigenvalue weighted by Gasteiger charge is -2.27. The second-order valence-electron chi connectivity index (χ2n) is 5.65. The van der Waals surface area contributed by atoms with E-state index in [9.17, 15) is 4.79 Å². The van der Waals surface area contributed by atoms with Crippen LogP contribution in [-0.4, -0.2) is 9.55 Å². The summed E-state index contributed by atoms with van der Waals surface area (Å²) in [5, 5.41) is 1.93. The molecule has 0 aromatic carbocycles. The predicted molar refractivity (Wildman–Crippen MR) is 82.4 cm³/mol. The Balaban J connectivity index is 1.96. The molecule has 0 bridgehead atoms. The normalized spacial score (nSPS) is 23.8. The molecule has 1 fully saturated rings. The Morgan fingerprint density at radius 2 is 2.37 bits per heavy atom. The zero-order chi connectivity index (χ0) is 13.4. The summed E-state index contributed by atoms with van der Waals surface area (Å²) in [4.78, 5) is 15.6. The number of hydrogen-bond acceptors (Lipinski definition) is 3. The summed E-state index contributed by atoms with van der Waals surface area (Å²) in [6.07, 6.45) is 5.03. The third-order valence-electron chi connectivity index (χ3n) is 4.08. The Bertz CT molecular complexity index is 697. The molecule has 3 rings (SSSR count). The number of nitrogens with zero attached hydrogens (tertiary/aromatic N) is 1. The Morgan fingerprint density at radius 3 is 3.16 bits per heavy atom. The van der Waals surface area contributed by atoms with E-state index in [2.05, 4.69) is 11.9 Å². The van der Waals surface area contributed by atoms with Gasteiger partial charge in [0.2, 0.25) is 0 Å². The van der Waals surface area contributed by atoms with Gasteiger partial charge in [0.1, 0.15) is 4.70 Å². The Kier molecular flexibility index (Phi) is 3.58. The molecule has 2 aromatic heterocycles. The lowest BCUT2D eigenvalue weighted by Crippen LogP contribution is -2.27. The maximum absolute atomic E-state index is 12.5. The molecule has 1 aliphatic carbocycles. The van der Waals surface area contributed by atoms with Crippen LogP contribution >= 0.6 is 23.6 Å². The van der Waals surface area contributed by atoms with Crippen molar-refractivity contribution in [3.8, 4) is 0 Å². The highest BCUT2D eigenvalue weighted by atomic mass is 32.1. The largest absolute Gasteiger partial charge is 0.331 e. The molecule has 5 heteroatoms. The van der Waals surface area contributed by atoms with Crippen molar-refractivity contribution >= 4 is 33.8 Å². The third kappa shape index (κ3) is 2.54. The SMILES string of the molecule is CC1CCCC(Cn2c(=S)[nH]c3ccsc3c2=O)C1. The molecule has 2 unspecified atom stereocenters. The first-order chi connectivity index (χ1) is 9.15. The molecular formula is C14H18N2OS2. The second-order valence-corrected chi connectivity index (χ2v) is 6.95. The van der Waals surface area contributed by atoms with Gasteiger partial charge >= 0.3 is 0 Å². The van der Waals surface area contributed by atoms with E-state index in [1.54, 1.807) is 4.57 Å². The number of thiophene rings is 1. The number of hydrogen-bond donors (Lipinski definition) is 1. The molecule has 19 heavy (non-hydrogen) atoms. The van der Waals surface area contributed by atoms with E-state index in [1.807, 2.05) is 11.4 Å². The second kappa shape index (κ2) is 5.21. The highest BCUT2D eigenvalue weighted by molar-refractivity contribution is 7.71. The van der Waals surface area contributed by atoms with E-state index >= 15 is 0 Å². The van der Waals surface area contributed by atoms with Gasteiger partial charge in [-0.3, -0.25) is 9.36 Å². The van der Waals surface area contributed by atoms with Crippen molar-refractivity contribution in [3.05, 3.63) is 26.6 Å². The van der Waals surface area contributed by atoms with Crippen LogP contribution in [0.5, 0.6) is 0 Å². The summed E-state index contributed by atoms with van der Waals surface area (Å²) in [6.45, 7) is 3.07. The molecule has 2 atom stereocenters. The van der Waals surface area contributed by atoms with E-state index in [1.165, 1.54) is 37.0 Å². The zero-order valence-electron chi connectivity index (χ0n) is 11.0. The van der Waals surface area contributed by atoms with Gasteiger partial charge in [0, 0.05) is 6.54 Å². The van der Waals surface area contributed by atoms with Crippen molar-refractivity contribution in [3.63, 3.8) is 0 Å². The summed E-state index contributed by atoms with van der Waals surface area (Å²) < 4.78 is 3.11. The molecule has 1 aliphatic rings. The maximum atomic E-state index is 12.5. The standard InChI is InChI=1S/C14H18N2OS2/c1-9-3-2-4-10(7-9)8-16-13(17)12-11(5-6-19-12)15-14(16)18/h5-6,9-10H,2-4,7-8H2,1H3,(H,15,18). The number of H-pyrrole nitrogens is 1. The smallest absolute Gasteiger partial charge is 0.272 e. The maximum Gasteiger partial charge on any atom is 0.272 e. The first-order valence-electron chi connectivity index (χ1n) is 6.85. The van der Waals surface area contributed by atoms with Crippen LogP contribution in [0.3, 0.4) is 0 Å². The Morgan fingerprint density at radius 1 is 1.53 bits per heavy atom. The van der Waals surface area contributed by atoms with Crippen LogP contribution in [0.15, 0.2) is 16.2 Å². The number of aromatic nitrogens is 2. The lowest BCUT2D eigenvalue weighted by atomic mass is 9.82. The van der Waals surface area contributed by atoms with Gasteiger partial charge in [-0.1, -0.05) is 19.8 Å².